The quantitative estimate of drug-likeness (QED) is 0.761. The monoisotopic (exact) mass is 239 g/mol. The molecule has 17 heavy (non-hydrogen) atoms. The Hall–Kier alpha value is -0.0800. The molecule has 0 aromatic rings. The van der Waals surface area contributed by atoms with Crippen LogP contribution >= 0.6 is 0 Å². The molecule has 1 saturated heterocycles. The molecular weight excluding hydrogens is 210 g/mol. The lowest BCUT2D eigenvalue weighted by molar-refractivity contribution is -0.0249. The minimum atomic E-state index is 0.0367. The van der Waals surface area contributed by atoms with E-state index < -0.39 is 0 Å². The predicted octanol–water partition coefficient (Wildman–Crippen LogP) is 3.35. The minimum absolute atomic E-state index is 0.0367. The average Bonchev–Trinajstić information content (AvgIpc) is 2.13. The van der Waals surface area contributed by atoms with Gasteiger partial charge in [0, 0.05) is 18.8 Å². The molecular formula is C15H29NO. The lowest BCUT2D eigenvalue weighted by Gasteiger charge is -2.54. The molecule has 1 aliphatic heterocycles. The molecule has 0 bridgehead atoms. The summed E-state index contributed by atoms with van der Waals surface area (Å²) < 4.78 is 5.48. The fourth-order valence-electron chi connectivity index (χ4n) is 4.83. The fraction of sp³-hybridized carbons (Fsp3) is 1.00. The predicted molar refractivity (Wildman–Crippen MR) is 71.9 cm³/mol. The van der Waals surface area contributed by atoms with Crippen molar-refractivity contribution in [3.8, 4) is 0 Å². The molecule has 0 unspecified atom stereocenters. The molecule has 0 amide bonds. The van der Waals surface area contributed by atoms with Gasteiger partial charge in [-0.2, -0.15) is 0 Å². The van der Waals surface area contributed by atoms with E-state index in [-0.39, 0.29) is 5.54 Å². The molecule has 0 aromatic carbocycles. The van der Waals surface area contributed by atoms with Gasteiger partial charge in [-0.25, -0.2) is 0 Å². The van der Waals surface area contributed by atoms with Crippen LogP contribution < -0.4 is 5.73 Å². The van der Waals surface area contributed by atoms with Gasteiger partial charge in [0.05, 0.1) is 0 Å². The van der Waals surface area contributed by atoms with E-state index >= 15 is 0 Å². The van der Waals surface area contributed by atoms with E-state index in [0.717, 1.165) is 26.1 Å². The SMILES string of the molecule is CC1(C)CC(C)(C)CC(N)(C2CCOCC2)C1. The van der Waals surface area contributed by atoms with Crippen LogP contribution in [0.5, 0.6) is 0 Å². The van der Waals surface area contributed by atoms with Crippen molar-refractivity contribution in [2.45, 2.75) is 65.3 Å². The summed E-state index contributed by atoms with van der Waals surface area (Å²) in [6.07, 6.45) is 5.95. The smallest absolute Gasteiger partial charge is 0.0469 e. The summed E-state index contributed by atoms with van der Waals surface area (Å²) in [5, 5.41) is 0. The second-order valence-corrected chi connectivity index (χ2v) is 7.98. The maximum absolute atomic E-state index is 6.83. The fourth-order valence-corrected chi connectivity index (χ4v) is 4.83. The van der Waals surface area contributed by atoms with Gasteiger partial charge in [-0.05, 0) is 48.9 Å². The third kappa shape index (κ3) is 3.03. The Morgan fingerprint density at radius 2 is 1.35 bits per heavy atom. The molecule has 0 radical (unpaired) electrons. The first-order valence-electron chi connectivity index (χ1n) is 7.09. The minimum Gasteiger partial charge on any atom is -0.381 e. The molecule has 2 nitrogen and oxygen atoms in total. The topological polar surface area (TPSA) is 35.2 Å². The maximum atomic E-state index is 6.83. The van der Waals surface area contributed by atoms with Crippen LogP contribution in [-0.4, -0.2) is 18.8 Å². The molecule has 2 rings (SSSR count). The Balaban J connectivity index is 2.17. The second-order valence-electron chi connectivity index (χ2n) is 7.98. The highest BCUT2D eigenvalue weighted by molar-refractivity contribution is 5.04. The summed E-state index contributed by atoms with van der Waals surface area (Å²) in [5.74, 6) is 0.662. The zero-order valence-electron chi connectivity index (χ0n) is 12.0. The molecule has 2 heteroatoms. The van der Waals surface area contributed by atoms with Crippen LogP contribution in [0.15, 0.2) is 0 Å². The first-order valence-corrected chi connectivity index (χ1v) is 7.09. The van der Waals surface area contributed by atoms with Gasteiger partial charge in [-0.3, -0.25) is 0 Å². The van der Waals surface area contributed by atoms with Gasteiger partial charge < -0.3 is 10.5 Å². The first-order chi connectivity index (χ1) is 7.73. The summed E-state index contributed by atoms with van der Waals surface area (Å²) in [4.78, 5) is 0. The van der Waals surface area contributed by atoms with E-state index in [9.17, 15) is 0 Å². The van der Waals surface area contributed by atoms with Crippen molar-refractivity contribution in [1.82, 2.24) is 0 Å². The molecule has 1 heterocycles. The van der Waals surface area contributed by atoms with Crippen LogP contribution in [0, 0.1) is 16.7 Å². The summed E-state index contributed by atoms with van der Waals surface area (Å²) in [6, 6.07) is 0. The van der Waals surface area contributed by atoms with Gasteiger partial charge in [0.2, 0.25) is 0 Å². The van der Waals surface area contributed by atoms with Gasteiger partial charge >= 0.3 is 0 Å². The Morgan fingerprint density at radius 1 is 0.882 bits per heavy atom. The molecule has 100 valence electrons. The van der Waals surface area contributed by atoms with Crippen LogP contribution in [0.25, 0.3) is 0 Å². The standard InChI is InChI=1S/C15H29NO/c1-13(2)9-14(3,4)11-15(16,10-13)12-5-7-17-8-6-12/h12H,5-11,16H2,1-4H3. The normalized spacial score (nSPS) is 32.3. The molecule has 2 N–H and O–H groups in total. The van der Waals surface area contributed by atoms with E-state index in [2.05, 4.69) is 27.7 Å². The van der Waals surface area contributed by atoms with Crippen molar-refractivity contribution in [2.75, 3.05) is 13.2 Å². The molecule has 0 spiro atoms. The summed E-state index contributed by atoms with van der Waals surface area (Å²) in [6.45, 7) is 11.3. The highest BCUT2D eigenvalue weighted by Crippen LogP contribution is 2.52. The van der Waals surface area contributed by atoms with Crippen molar-refractivity contribution < 1.29 is 4.74 Å². The number of nitrogens with two attached hydrogens (primary N) is 1. The van der Waals surface area contributed by atoms with Crippen molar-refractivity contribution >= 4 is 0 Å². The van der Waals surface area contributed by atoms with Crippen LogP contribution in [0.4, 0.5) is 0 Å². The number of ether oxygens (including phenoxy) is 1. The van der Waals surface area contributed by atoms with Gasteiger partial charge in [-0.15, -0.1) is 0 Å². The van der Waals surface area contributed by atoms with E-state index in [1.807, 2.05) is 0 Å². The Labute approximate surface area is 106 Å². The number of hydrogen-bond acceptors (Lipinski definition) is 2. The zero-order chi connectivity index (χ0) is 12.7. The average molecular weight is 239 g/mol. The molecule has 2 fully saturated rings. The molecule has 1 aliphatic carbocycles. The zero-order valence-corrected chi connectivity index (χ0v) is 12.0. The van der Waals surface area contributed by atoms with E-state index in [0.29, 0.717) is 16.7 Å². The molecule has 0 aromatic heterocycles. The van der Waals surface area contributed by atoms with Gasteiger partial charge in [0.15, 0.2) is 0 Å². The van der Waals surface area contributed by atoms with Crippen molar-refractivity contribution in [3.05, 3.63) is 0 Å². The van der Waals surface area contributed by atoms with Crippen LogP contribution in [0.3, 0.4) is 0 Å². The third-order valence-electron chi connectivity index (χ3n) is 4.61. The highest BCUT2D eigenvalue weighted by atomic mass is 16.5. The molecule has 1 saturated carbocycles. The summed E-state index contributed by atoms with van der Waals surface area (Å²) in [7, 11) is 0. The van der Waals surface area contributed by atoms with Crippen LogP contribution in [-0.2, 0) is 4.74 Å². The number of hydrogen-bond donors (Lipinski definition) is 1. The van der Waals surface area contributed by atoms with Gasteiger partial charge in [0.1, 0.15) is 0 Å². The Morgan fingerprint density at radius 3 is 1.82 bits per heavy atom. The van der Waals surface area contributed by atoms with Crippen molar-refractivity contribution in [1.29, 1.82) is 0 Å². The van der Waals surface area contributed by atoms with Gasteiger partial charge in [-0.1, -0.05) is 27.7 Å². The van der Waals surface area contributed by atoms with Crippen LogP contribution in [0.1, 0.15) is 59.8 Å². The third-order valence-corrected chi connectivity index (χ3v) is 4.61. The number of rotatable bonds is 1. The molecule has 2 aliphatic rings. The Kier molecular flexibility index (Phi) is 3.33. The first kappa shape index (κ1) is 13.4. The van der Waals surface area contributed by atoms with Crippen molar-refractivity contribution in [3.63, 3.8) is 0 Å². The summed E-state index contributed by atoms with van der Waals surface area (Å²) >= 11 is 0. The molecule has 0 atom stereocenters. The lowest BCUT2D eigenvalue weighted by Crippen LogP contribution is -2.57. The van der Waals surface area contributed by atoms with Gasteiger partial charge in [0.25, 0.3) is 0 Å². The maximum Gasteiger partial charge on any atom is 0.0469 e. The van der Waals surface area contributed by atoms with Crippen LogP contribution in [0.2, 0.25) is 0 Å². The van der Waals surface area contributed by atoms with E-state index in [4.69, 9.17) is 10.5 Å². The van der Waals surface area contributed by atoms with E-state index in [1.54, 1.807) is 0 Å². The summed E-state index contributed by atoms with van der Waals surface area (Å²) in [5.41, 5.74) is 7.63. The highest BCUT2D eigenvalue weighted by Gasteiger charge is 2.48. The van der Waals surface area contributed by atoms with E-state index in [1.165, 1.54) is 19.3 Å². The second kappa shape index (κ2) is 4.24. The largest absolute Gasteiger partial charge is 0.381 e. The lowest BCUT2D eigenvalue weighted by atomic mass is 9.55. The Bertz CT molecular complexity index is 261. The van der Waals surface area contributed by atoms with Crippen molar-refractivity contribution in [2.24, 2.45) is 22.5 Å².